The van der Waals surface area contributed by atoms with Gasteiger partial charge in [-0.3, -0.25) is 4.79 Å². The third-order valence-corrected chi connectivity index (χ3v) is 6.26. The van der Waals surface area contributed by atoms with E-state index >= 15 is 0 Å². The van der Waals surface area contributed by atoms with Crippen molar-refractivity contribution in [3.8, 4) is 16.9 Å². The van der Waals surface area contributed by atoms with Crippen LogP contribution in [0.4, 0.5) is 0 Å². The first-order chi connectivity index (χ1) is 16.2. The average molecular weight is 501 g/mol. The number of carbonyl (C=O) groups excluding carboxylic acids is 1. The number of aryl methyl sites for hydroxylation is 1. The maximum absolute atomic E-state index is 13.0. The summed E-state index contributed by atoms with van der Waals surface area (Å²) >= 11 is 6.05. The van der Waals surface area contributed by atoms with Gasteiger partial charge in [0, 0.05) is 29.1 Å². The van der Waals surface area contributed by atoms with E-state index < -0.39 is 10.0 Å². The number of aromatic amines is 1. The Kier molecular flexibility index (Phi) is 6.72. The van der Waals surface area contributed by atoms with Gasteiger partial charge in [0.25, 0.3) is 5.91 Å². The van der Waals surface area contributed by atoms with Crippen LogP contribution in [-0.4, -0.2) is 51.3 Å². The summed E-state index contributed by atoms with van der Waals surface area (Å²) in [6.07, 6.45) is 1.17. The van der Waals surface area contributed by atoms with Gasteiger partial charge in [-0.25, -0.2) is 18.2 Å². The fourth-order valence-corrected chi connectivity index (χ4v) is 4.14. The molecule has 2 heterocycles. The lowest BCUT2D eigenvalue weighted by atomic mass is 10.1. The third-order valence-electron chi connectivity index (χ3n) is 5.10. The lowest BCUT2D eigenvalue weighted by molar-refractivity contribution is 0.0947. The molecule has 0 saturated heterocycles. The number of hydrogen-bond donors (Lipinski definition) is 3. The van der Waals surface area contributed by atoms with Crippen molar-refractivity contribution in [1.29, 1.82) is 0 Å². The Morgan fingerprint density at radius 2 is 1.97 bits per heavy atom. The molecule has 0 fully saturated rings. The van der Waals surface area contributed by atoms with Crippen LogP contribution in [0.3, 0.4) is 0 Å². The van der Waals surface area contributed by atoms with Crippen molar-refractivity contribution in [2.75, 3.05) is 6.54 Å². The van der Waals surface area contributed by atoms with Gasteiger partial charge < -0.3 is 5.32 Å². The molecule has 0 unspecified atom stereocenters. The molecule has 176 valence electrons. The maximum atomic E-state index is 13.0. The number of nitrogens with two attached hydrogens (primary N) is 1. The van der Waals surface area contributed by atoms with Crippen molar-refractivity contribution in [2.24, 2.45) is 5.14 Å². The summed E-state index contributed by atoms with van der Waals surface area (Å²) in [5.74, 6) is 0.205. The molecule has 0 radical (unpaired) electrons. The minimum atomic E-state index is -3.92. The van der Waals surface area contributed by atoms with Crippen LogP contribution in [0.5, 0.6) is 0 Å². The van der Waals surface area contributed by atoms with Gasteiger partial charge in [0.1, 0.15) is 0 Å². The topological polar surface area (TPSA) is 162 Å². The number of tetrazole rings is 1. The van der Waals surface area contributed by atoms with Crippen LogP contribution < -0.4 is 10.5 Å². The highest BCUT2D eigenvalue weighted by Crippen LogP contribution is 2.30. The second kappa shape index (κ2) is 9.71. The summed E-state index contributed by atoms with van der Waals surface area (Å²) in [4.78, 5) is 12.9. The van der Waals surface area contributed by atoms with Crippen LogP contribution in [0.15, 0.2) is 53.4 Å². The SMILES string of the molecule is Cc1c(C(=O)NCCCc2nn[nH]n2)nn(-c2cccc(S(N)(=O)=O)c2)c1-c1ccc(Cl)cc1. The van der Waals surface area contributed by atoms with Gasteiger partial charge in [-0.05, 0) is 43.7 Å². The van der Waals surface area contributed by atoms with Crippen molar-refractivity contribution in [3.63, 3.8) is 0 Å². The molecule has 4 aromatic rings. The smallest absolute Gasteiger partial charge is 0.272 e. The number of H-pyrrole nitrogens is 1. The molecule has 1 amide bonds. The minimum absolute atomic E-state index is 0.0623. The molecule has 0 aliphatic heterocycles. The number of amides is 1. The van der Waals surface area contributed by atoms with Crippen molar-refractivity contribution >= 4 is 27.5 Å². The zero-order chi connectivity index (χ0) is 24.3. The predicted molar refractivity (Wildman–Crippen MR) is 125 cm³/mol. The first kappa shape index (κ1) is 23.5. The Balaban J connectivity index is 1.68. The minimum Gasteiger partial charge on any atom is -0.351 e. The Morgan fingerprint density at radius 1 is 1.21 bits per heavy atom. The molecule has 0 aliphatic carbocycles. The normalized spacial score (nSPS) is 11.5. The van der Waals surface area contributed by atoms with E-state index in [1.165, 1.54) is 16.8 Å². The maximum Gasteiger partial charge on any atom is 0.272 e. The monoisotopic (exact) mass is 500 g/mol. The molecule has 11 nitrogen and oxygen atoms in total. The molecule has 0 bridgehead atoms. The Bertz CT molecular complexity index is 1420. The van der Waals surface area contributed by atoms with E-state index in [9.17, 15) is 13.2 Å². The highest BCUT2D eigenvalue weighted by atomic mass is 35.5. The third kappa shape index (κ3) is 5.14. The van der Waals surface area contributed by atoms with Crippen LogP contribution in [0.2, 0.25) is 5.02 Å². The number of nitrogens with zero attached hydrogens (tertiary/aromatic N) is 5. The van der Waals surface area contributed by atoms with Gasteiger partial charge in [-0.1, -0.05) is 35.0 Å². The van der Waals surface area contributed by atoms with E-state index in [2.05, 4.69) is 31.0 Å². The largest absolute Gasteiger partial charge is 0.351 e. The van der Waals surface area contributed by atoms with Crippen molar-refractivity contribution in [2.45, 2.75) is 24.7 Å². The number of primary sulfonamides is 1. The molecule has 13 heteroatoms. The second-order valence-electron chi connectivity index (χ2n) is 7.47. The lowest BCUT2D eigenvalue weighted by Gasteiger charge is -2.10. The van der Waals surface area contributed by atoms with E-state index in [1.54, 1.807) is 43.3 Å². The summed E-state index contributed by atoms with van der Waals surface area (Å²) in [6.45, 7) is 2.17. The lowest BCUT2D eigenvalue weighted by Crippen LogP contribution is -2.26. The highest BCUT2D eigenvalue weighted by Gasteiger charge is 2.22. The van der Waals surface area contributed by atoms with Gasteiger partial charge in [0.05, 0.1) is 16.3 Å². The summed E-state index contributed by atoms with van der Waals surface area (Å²) in [6, 6.07) is 13.1. The first-order valence-electron chi connectivity index (χ1n) is 10.2. The van der Waals surface area contributed by atoms with E-state index in [0.717, 1.165) is 5.56 Å². The number of rotatable bonds is 8. The van der Waals surface area contributed by atoms with Crippen LogP contribution in [-0.2, 0) is 16.4 Å². The first-order valence-corrected chi connectivity index (χ1v) is 12.2. The molecule has 2 aromatic heterocycles. The number of aromatic nitrogens is 6. The molecule has 34 heavy (non-hydrogen) atoms. The zero-order valence-corrected chi connectivity index (χ0v) is 19.6. The number of hydrogen-bond acceptors (Lipinski definition) is 7. The fraction of sp³-hybridized carbons (Fsp3) is 0.190. The van der Waals surface area contributed by atoms with Crippen LogP contribution in [0.25, 0.3) is 16.9 Å². The number of benzene rings is 2. The van der Waals surface area contributed by atoms with E-state index in [4.69, 9.17) is 16.7 Å². The van der Waals surface area contributed by atoms with Crippen LogP contribution in [0, 0.1) is 6.92 Å². The number of nitrogens with one attached hydrogen (secondary N) is 2. The number of sulfonamides is 1. The second-order valence-corrected chi connectivity index (χ2v) is 9.47. The Hall–Kier alpha value is -3.61. The number of halogens is 1. The molecule has 0 atom stereocenters. The van der Waals surface area contributed by atoms with Crippen molar-refractivity contribution < 1.29 is 13.2 Å². The van der Waals surface area contributed by atoms with Gasteiger partial charge in [-0.2, -0.15) is 10.3 Å². The van der Waals surface area contributed by atoms with Crippen LogP contribution in [0.1, 0.15) is 28.3 Å². The summed E-state index contributed by atoms with van der Waals surface area (Å²) in [5.41, 5.74) is 2.66. The molecule has 2 aromatic carbocycles. The summed E-state index contributed by atoms with van der Waals surface area (Å²) in [5, 5.41) is 26.9. The summed E-state index contributed by atoms with van der Waals surface area (Å²) < 4.78 is 25.3. The van der Waals surface area contributed by atoms with Crippen LogP contribution >= 0.6 is 11.6 Å². The predicted octanol–water partition coefficient (Wildman–Crippen LogP) is 2.02. The van der Waals surface area contributed by atoms with Gasteiger partial charge in [0.15, 0.2) is 11.5 Å². The molecule has 0 aliphatic rings. The quantitative estimate of drug-likeness (QED) is 0.312. The molecule has 0 saturated carbocycles. The highest BCUT2D eigenvalue weighted by molar-refractivity contribution is 7.89. The average Bonchev–Trinajstić information content (AvgIpc) is 3.45. The van der Waals surface area contributed by atoms with Gasteiger partial charge >= 0.3 is 0 Å². The van der Waals surface area contributed by atoms with Crippen molar-refractivity contribution in [1.82, 2.24) is 35.7 Å². The van der Waals surface area contributed by atoms with E-state index in [0.29, 0.717) is 47.2 Å². The molecule has 0 spiro atoms. The zero-order valence-electron chi connectivity index (χ0n) is 18.1. The molecule has 4 N–H and O–H groups in total. The van der Waals surface area contributed by atoms with Gasteiger partial charge in [0.2, 0.25) is 10.0 Å². The molecular formula is C21H21ClN8O3S. The Labute approximate surface area is 200 Å². The standard InChI is InChI=1S/C21H21ClN8O3S/c1-13-19(21(31)24-11-3-6-18-25-28-29-26-18)27-30(20(13)14-7-9-15(22)10-8-14)16-4-2-5-17(12-16)34(23,32)33/h2,4-5,7-10,12H,3,6,11H2,1H3,(H,24,31)(H2,23,32,33)(H,25,26,28,29). The summed E-state index contributed by atoms with van der Waals surface area (Å²) in [7, 11) is -3.92. The van der Waals surface area contributed by atoms with Crippen molar-refractivity contribution in [3.05, 3.63) is 70.6 Å². The Morgan fingerprint density at radius 3 is 2.65 bits per heavy atom. The van der Waals surface area contributed by atoms with Gasteiger partial charge in [-0.15, -0.1) is 10.2 Å². The van der Waals surface area contributed by atoms with E-state index in [-0.39, 0.29) is 16.5 Å². The van der Waals surface area contributed by atoms with E-state index in [1.807, 2.05) is 0 Å². The molecular weight excluding hydrogens is 480 g/mol. The fourth-order valence-electron chi connectivity index (χ4n) is 3.46. The number of carbonyl (C=O) groups is 1. The molecule has 4 rings (SSSR count).